The number of H-pyrrole nitrogens is 1. The van der Waals surface area contributed by atoms with Crippen LogP contribution in [0.25, 0.3) is 11.1 Å². The van der Waals surface area contributed by atoms with Gasteiger partial charge in [-0.05, 0) is 12.1 Å². The molecule has 2 rings (SSSR count). The van der Waals surface area contributed by atoms with Crippen molar-refractivity contribution in [2.45, 2.75) is 0 Å². The lowest BCUT2D eigenvalue weighted by Gasteiger charge is -2.06. The Morgan fingerprint density at radius 2 is 1.81 bits per heavy atom. The molecule has 5 heteroatoms. The van der Waals surface area contributed by atoms with Crippen molar-refractivity contribution in [3.63, 3.8) is 0 Å². The third-order valence-electron chi connectivity index (χ3n) is 2.11. The van der Waals surface area contributed by atoms with Crippen LogP contribution in [0.15, 0.2) is 35.1 Å². The Labute approximate surface area is 101 Å². The highest BCUT2D eigenvalue weighted by Crippen LogP contribution is 2.33. The minimum atomic E-state index is -0.725. The number of hydrogen-bond donors (Lipinski definition) is 1. The summed E-state index contributed by atoms with van der Waals surface area (Å²) in [4.78, 5) is 12.9. The standard InChI is InChI=1S/C11H6Cl2FNO/c12-8-3-1-2-6(10(8)13)7-4-5-9(16)15-11(7)14/h1-5H,(H,15,16). The zero-order chi connectivity index (χ0) is 11.7. The van der Waals surface area contributed by atoms with Crippen molar-refractivity contribution in [1.29, 1.82) is 0 Å². The lowest BCUT2D eigenvalue weighted by Crippen LogP contribution is -2.06. The molecule has 82 valence electrons. The van der Waals surface area contributed by atoms with E-state index in [4.69, 9.17) is 23.2 Å². The van der Waals surface area contributed by atoms with Crippen molar-refractivity contribution in [3.8, 4) is 11.1 Å². The summed E-state index contributed by atoms with van der Waals surface area (Å²) < 4.78 is 13.5. The minimum Gasteiger partial charge on any atom is -0.298 e. The number of rotatable bonds is 1. The Morgan fingerprint density at radius 1 is 1.06 bits per heavy atom. The molecule has 2 nitrogen and oxygen atoms in total. The van der Waals surface area contributed by atoms with Crippen LogP contribution in [-0.2, 0) is 0 Å². The second-order valence-electron chi connectivity index (χ2n) is 3.15. The van der Waals surface area contributed by atoms with E-state index in [9.17, 15) is 9.18 Å². The number of hydrogen-bond acceptors (Lipinski definition) is 1. The molecule has 0 aliphatic heterocycles. The van der Waals surface area contributed by atoms with E-state index >= 15 is 0 Å². The Hall–Kier alpha value is -1.32. The van der Waals surface area contributed by atoms with E-state index in [1.807, 2.05) is 0 Å². The van der Waals surface area contributed by atoms with E-state index in [-0.39, 0.29) is 10.6 Å². The van der Waals surface area contributed by atoms with Crippen LogP contribution in [-0.4, -0.2) is 4.98 Å². The van der Waals surface area contributed by atoms with Crippen molar-refractivity contribution in [1.82, 2.24) is 4.98 Å². The number of aromatic amines is 1. The summed E-state index contributed by atoms with van der Waals surface area (Å²) in [7, 11) is 0. The lowest BCUT2D eigenvalue weighted by molar-refractivity contribution is 0.583. The maximum Gasteiger partial charge on any atom is 0.250 e. The van der Waals surface area contributed by atoms with Gasteiger partial charge in [-0.2, -0.15) is 4.39 Å². The summed E-state index contributed by atoms with van der Waals surface area (Å²) in [6, 6.07) is 7.50. The molecule has 1 aromatic heterocycles. The molecule has 2 aromatic rings. The quantitative estimate of drug-likeness (QED) is 0.780. The van der Waals surface area contributed by atoms with Crippen LogP contribution in [0.3, 0.4) is 0 Å². The average molecular weight is 258 g/mol. The Bertz CT molecular complexity index is 595. The van der Waals surface area contributed by atoms with E-state index < -0.39 is 11.5 Å². The summed E-state index contributed by atoms with van der Waals surface area (Å²) in [5.41, 5.74) is 0.161. The van der Waals surface area contributed by atoms with Crippen LogP contribution >= 0.6 is 23.2 Å². The third kappa shape index (κ3) is 1.96. The van der Waals surface area contributed by atoms with Gasteiger partial charge in [0.15, 0.2) is 0 Å². The summed E-state index contributed by atoms with van der Waals surface area (Å²) in [6.45, 7) is 0. The number of nitrogens with one attached hydrogen (secondary N) is 1. The van der Waals surface area contributed by atoms with E-state index in [1.165, 1.54) is 12.1 Å². The van der Waals surface area contributed by atoms with E-state index in [0.717, 1.165) is 0 Å². The summed E-state index contributed by atoms with van der Waals surface area (Å²) >= 11 is 11.8. The first-order valence-corrected chi connectivity index (χ1v) is 5.18. The molecule has 0 spiro atoms. The molecule has 0 aliphatic carbocycles. The van der Waals surface area contributed by atoms with Gasteiger partial charge < -0.3 is 0 Å². The molecule has 1 aromatic carbocycles. The molecule has 1 N–H and O–H groups in total. The van der Waals surface area contributed by atoms with Crippen molar-refractivity contribution in [3.05, 3.63) is 56.7 Å². The van der Waals surface area contributed by atoms with Gasteiger partial charge in [-0.25, -0.2) is 0 Å². The van der Waals surface area contributed by atoms with Gasteiger partial charge in [0, 0.05) is 17.2 Å². The average Bonchev–Trinajstić information content (AvgIpc) is 2.23. The maximum absolute atomic E-state index is 13.5. The van der Waals surface area contributed by atoms with Gasteiger partial charge in [0.2, 0.25) is 11.5 Å². The maximum atomic E-state index is 13.5. The zero-order valence-corrected chi connectivity index (χ0v) is 9.44. The highest BCUT2D eigenvalue weighted by atomic mass is 35.5. The van der Waals surface area contributed by atoms with Crippen LogP contribution in [0.4, 0.5) is 4.39 Å². The smallest absolute Gasteiger partial charge is 0.250 e. The number of pyridine rings is 1. The van der Waals surface area contributed by atoms with Crippen LogP contribution in [0, 0.1) is 5.95 Å². The largest absolute Gasteiger partial charge is 0.298 e. The molecule has 0 saturated heterocycles. The van der Waals surface area contributed by atoms with E-state index in [2.05, 4.69) is 4.98 Å². The van der Waals surface area contributed by atoms with Crippen LogP contribution < -0.4 is 5.56 Å². The Kier molecular flexibility index (Phi) is 2.99. The van der Waals surface area contributed by atoms with Gasteiger partial charge in [-0.3, -0.25) is 9.78 Å². The normalized spacial score (nSPS) is 10.4. The van der Waals surface area contributed by atoms with Crippen LogP contribution in [0.5, 0.6) is 0 Å². The summed E-state index contributed by atoms with van der Waals surface area (Å²) in [5, 5.41) is 0.597. The van der Waals surface area contributed by atoms with Gasteiger partial charge in [-0.15, -0.1) is 0 Å². The fourth-order valence-electron chi connectivity index (χ4n) is 1.37. The number of aromatic nitrogens is 1. The highest BCUT2D eigenvalue weighted by Gasteiger charge is 2.11. The first-order valence-electron chi connectivity index (χ1n) is 4.43. The fourth-order valence-corrected chi connectivity index (χ4v) is 1.77. The van der Waals surface area contributed by atoms with Gasteiger partial charge in [0.1, 0.15) is 0 Å². The van der Waals surface area contributed by atoms with E-state index in [0.29, 0.717) is 10.6 Å². The number of benzene rings is 1. The molecular formula is C11H6Cl2FNO. The molecule has 16 heavy (non-hydrogen) atoms. The van der Waals surface area contributed by atoms with Gasteiger partial charge in [0.05, 0.1) is 10.0 Å². The SMILES string of the molecule is O=c1ccc(-c2cccc(Cl)c2Cl)c(F)[nH]1. The zero-order valence-electron chi connectivity index (χ0n) is 7.93. The van der Waals surface area contributed by atoms with Gasteiger partial charge in [-0.1, -0.05) is 35.3 Å². The molecular weight excluding hydrogens is 252 g/mol. The molecule has 0 atom stereocenters. The molecule has 0 unspecified atom stereocenters. The second kappa shape index (κ2) is 4.28. The third-order valence-corrected chi connectivity index (χ3v) is 2.93. The van der Waals surface area contributed by atoms with Crippen molar-refractivity contribution < 1.29 is 4.39 Å². The Morgan fingerprint density at radius 3 is 2.50 bits per heavy atom. The van der Waals surface area contributed by atoms with Crippen molar-refractivity contribution in [2.24, 2.45) is 0 Å². The number of halogens is 3. The monoisotopic (exact) mass is 257 g/mol. The second-order valence-corrected chi connectivity index (χ2v) is 3.94. The Balaban J connectivity index is 2.68. The first-order chi connectivity index (χ1) is 7.59. The predicted molar refractivity (Wildman–Crippen MR) is 62.5 cm³/mol. The molecule has 0 fully saturated rings. The van der Waals surface area contributed by atoms with Crippen molar-refractivity contribution >= 4 is 23.2 Å². The predicted octanol–water partition coefficient (Wildman–Crippen LogP) is 3.49. The van der Waals surface area contributed by atoms with Crippen LogP contribution in [0.2, 0.25) is 10.0 Å². The molecule has 0 amide bonds. The van der Waals surface area contributed by atoms with Gasteiger partial charge in [0.25, 0.3) is 0 Å². The first kappa shape index (κ1) is 11.2. The highest BCUT2D eigenvalue weighted by molar-refractivity contribution is 6.43. The van der Waals surface area contributed by atoms with Gasteiger partial charge >= 0.3 is 0 Å². The van der Waals surface area contributed by atoms with E-state index in [1.54, 1.807) is 18.2 Å². The fraction of sp³-hybridized carbons (Fsp3) is 0. The summed E-state index contributed by atoms with van der Waals surface area (Å²) in [5.74, 6) is -0.725. The topological polar surface area (TPSA) is 32.9 Å². The van der Waals surface area contributed by atoms with Crippen LogP contribution in [0.1, 0.15) is 0 Å². The lowest BCUT2D eigenvalue weighted by atomic mass is 10.1. The molecule has 0 saturated carbocycles. The molecule has 0 aliphatic rings. The molecule has 0 bridgehead atoms. The molecule has 1 heterocycles. The summed E-state index contributed by atoms with van der Waals surface area (Å²) in [6.07, 6.45) is 0. The van der Waals surface area contributed by atoms with Crippen molar-refractivity contribution in [2.75, 3.05) is 0 Å². The molecule has 0 radical (unpaired) electrons. The minimum absolute atomic E-state index is 0.215.